The summed E-state index contributed by atoms with van der Waals surface area (Å²) in [5.74, 6) is -1.68. The monoisotopic (exact) mass is 332 g/mol. The molecule has 23 heavy (non-hydrogen) atoms. The van der Waals surface area contributed by atoms with Crippen molar-refractivity contribution >= 4 is 5.78 Å². The van der Waals surface area contributed by atoms with E-state index in [9.17, 15) is 13.6 Å². The summed E-state index contributed by atoms with van der Waals surface area (Å²) in [6.45, 7) is 12.2. The Balaban J connectivity index is 0.000000379. The summed E-state index contributed by atoms with van der Waals surface area (Å²) < 4.78 is 28.3. The van der Waals surface area contributed by atoms with Crippen molar-refractivity contribution in [1.82, 2.24) is 9.80 Å². The van der Waals surface area contributed by atoms with Crippen LogP contribution in [0.5, 0.6) is 0 Å². The Morgan fingerprint density at radius 1 is 1.26 bits per heavy atom. The Kier molecular flexibility index (Phi) is 8.08. The Morgan fingerprint density at radius 3 is 2.26 bits per heavy atom. The number of Topliss-reactive ketones (excluding diaryl/α,β-unsaturated/α-hetero) is 1. The highest BCUT2D eigenvalue weighted by Gasteiger charge is 2.48. The predicted molar refractivity (Wildman–Crippen MR) is 91.0 cm³/mol. The zero-order valence-corrected chi connectivity index (χ0v) is 15.4. The molecule has 2 fully saturated rings. The molecule has 0 N–H and O–H groups in total. The maximum Gasteiger partial charge on any atom is 0.275 e. The molecular weight excluding hydrogens is 298 g/mol. The van der Waals surface area contributed by atoms with Gasteiger partial charge in [-0.05, 0) is 52.5 Å². The van der Waals surface area contributed by atoms with Gasteiger partial charge in [0, 0.05) is 25.6 Å². The summed E-state index contributed by atoms with van der Waals surface area (Å²) in [4.78, 5) is 14.0. The van der Waals surface area contributed by atoms with E-state index < -0.39 is 12.0 Å². The van der Waals surface area contributed by atoms with Crippen molar-refractivity contribution in [3.8, 4) is 0 Å². The van der Waals surface area contributed by atoms with Gasteiger partial charge in [-0.3, -0.25) is 9.80 Å². The minimum Gasteiger partial charge on any atom is -0.300 e. The number of likely N-dealkylation sites (tertiary alicyclic amines) is 2. The maximum atomic E-state index is 14.2. The van der Waals surface area contributed by atoms with Gasteiger partial charge >= 0.3 is 0 Å². The summed E-state index contributed by atoms with van der Waals surface area (Å²) in [6.07, 6.45) is 3.40. The first-order valence-corrected chi connectivity index (χ1v) is 9.02. The maximum absolute atomic E-state index is 14.2. The molecule has 2 aliphatic rings. The lowest BCUT2D eigenvalue weighted by atomic mass is 9.98. The van der Waals surface area contributed by atoms with E-state index in [1.807, 2.05) is 30.6 Å². The first-order chi connectivity index (χ1) is 10.7. The van der Waals surface area contributed by atoms with Gasteiger partial charge in [-0.2, -0.15) is 0 Å². The smallest absolute Gasteiger partial charge is 0.275 e. The van der Waals surface area contributed by atoms with E-state index in [2.05, 4.69) is 6.92 Å². The van der Waals surface area contributed by atoms with Crippen LogP contribution in [0.1, 0.15) is 60.3 Å². The molecule has 2 rings (SSSR count). The third-order valence-electron chi connectivity index (χ3n) is 4.82. The van der Waals surface area contributed by atoms with Crippen LogP contribution in [0.25, 0.3) is 0 Å². The lowest BCUT2D eigenvalue weighted by Gasteiger charge is -2.43. The first-order valence-electron chi connectivity index (χ1n) is 9.02. The molecule has 2 unspecified atom stereocenters. The van der Waals surface area contributed by atoms with Crippen molar-refractivity contribution < 1.29 is 13.6 Å². The van der Waals surface area contributed by atoms with Crippen LogP contribution in [-0.4, -0.2) is 59.8 Å². The minimum atomic E-state index is -2.55. The Hall–Kier alpha value is -0.550. The number of rotatable bonds is 4. The molecule has 5 heteroatoms. The molecule has 0 aromatic rings. The quantitative estimate of drug-likeness (QED) is 0.782. The van der Waals surface area contributed by atoms with E-state index in [0.29, 0.717) is 12.3 Å². The zero-order valence-electron chi connectivity index (χ0n) is 15.4. The van der Waals surface area contributed by atoms with Gasteiger partial charge in [0.05, 0.1) is 12.6 Å². The van der Waals surface area contributed by atoms with Gasteiger partial charge in [0.2, 0.25) is 0 Å². The van der Waals surface area contributed by atoms with Crippen LogP contribution in [0.2, 0.25) is 0 Å². The highest BCUT2D eigenvalue weighted by Crippen LogP contribution is 2.34. The number of hydrogen-bond donors (Lipinski definition) is 0. The molecule has 2 atom stereocenters. The molecule has 2 saturated heterocycles. The van der Waals surface area contributed by atoms with Crippen LogP contribution < -0.4 is 0 Å². The number of nitrogens with zero attached hydrogens (tertiary/aromatic N) is 2. The molecule has 0 aromatic carbocycles. The molecule has 3 nitrogen and oxygen atoms in total. The summed E-state index contributed by atoms with van der Waals surface area (Å²) in [5, 5.41) is 0. The standard InChI is InChI=1S/C13H24F2N2.C5H10O/c1-10(2)17-7-5-12(13(14,15)9-17)16-6-4-11(3)8-16;1-3-4-5(2)6/h10-12H,4-9H2,1-3H3;3-4H2,1-2H3. The number of carbonyl (C=O) groups excluding carboxylic acids is 1. The number of ketones is 1. The van der Waals surface area contributed by atoms with Crippen molar-refractivity contribution in [2.24, 2.45) is 5.92 Å². The van der Waals surface area contributed by atoms with E-state index in [4.69, 9.17) is 0 Å². The van der Waals surface area contributed by atoms with Crippen molar-refractivity contribution in [2.75, 3.05) is 26.2 Å². The van der Waals surface area contributed by atoms with E-state index in [1.165, 1.54) is 0 Å². The third kappa shape index (κ3) is 6.46. The molecule has 0 spiro atoms. The van der Waals surface area contributed by atoms with E-state index in [0.717, 1.165) is 38.9 Å². The van der Waals surface area contributed by atoms with Gasteiger partial charge < -0.3 is 4.79 Å². The van der Waals surface area contributed by atoms with Crippen LogP contribution in [0.3, 0.4) is 0 Å². The zero-order chi connectivity index (χ0) is 17.6. The van der Waals surface area contributed by atoms with Crippen molar-refractivity contribution in [1.29, 1.82) is 0 Å². The molecule has 0 aromatic heterocycles. The molecule has 0 amide bonds. The third-order valence-corrected chi connectivity index (χ3v) is 4.82. The fraction of sp³-hybridized carbons (Fsp3) is 0.944. The van der Waals surface area contributed by atoms with Gasteiger partial charge in [0.1, 0.15) is 5.78 Å². The molecular formula is C18H34F2N2O. The van der Waals surface area contributed by atoms with Crippen LogP contribution in [0, 0.1) is 5.92 Å². The second-order valence-electron chi connectivity index (χ2n) is 7.47. The average molecular weight is 332 g/mol. The fourth-order valence-corrected chi connectivity index (χ4v) is 3.45. The molecule has 0 radical (unpaired) electrons. The second-order valence-corrected chi connectivity index (χ2v) is 7.47. The minimum absolute atomic E-state index is 0.0692. The molecule has 2 aliphatic heterocycles. The van der Waals surface area contributed by atoms with E-state index in [-0.39, 0.29) is 18.4 Å². The van der Waals surface area contributed by atoms with Gasteiger partial charge in [0.25, 0.3) is 5.92 Å². The van der Waals surface area contributed by atoms with Crippen molar-refractivity contribution in [3.63, 3.8) is 0 Å². The molecule has 0 aliphatic carbocycles. The van der Waals surface area contributed by atoms with Crippen LogP contribution in [0.4, 0.5) is 8.78 Å². The van der Waals surface area contributed by atoms with Gasteiger partial charge in [0.15, 0.2) is 0 Å². The Bertz CT molecular complexity index is 374. The Labute approximate surface area is 140 Å². The SMILES string of the molecule is CC1CCN(C2CCN(C(C)C)CC2(F)F)C1.CCCC(C)=O. The topological polar surface area (TPSA) is 23.6 Å². The number of halogens is 2. The highest BCUT2D eigenvalue weighted by molar-refractivity contribution is 5.75. The molecule has 136 valence electrons. The lowest BCUT2D eigenvalue weighted by Crippen LogP contribution is -2.59. The highest BCUT2D eigenvalue weighted by atomic mass is 19.3. The molecule has 0 bridgehead atoms. The molecule has 2 heterocycles. The summed E-state index contributed by atoms with van der Waals surface area (Å²) in [5.41, 5.74) is 0. The van der Waals surface area contributed by atoms with E-state index in [1.54, 1.807) is 6.92 Å². The number of carbonyl (C=O) groups is 1. The van der Waals surface area contributed by atoms with Crippen molar-refractivity contribution in [2.45, 2.75) is 78.3 Å². The fourth-order valence-electron chi connectivity index (χ4n) is 3.45. The summed E-state index contributed by atoms with van der Waals surface area (Å²) >= 11 is 0. The number of hydrogen-bond acceptors (Lipinski definition) is 3. The van der Waals surface area contributed by atoms with Crippen LogP contribution >= 0.6 is 0 Å². The number of alkyl halides is 2. The van der Waals surface area contributed by atoms with Gasteiger partial charge in [-0.15, -0.1) is 0 Å². The normalized spacial score (nSPS) is 28.5. The molecule has 0 saturated carbocycles. The lowest BCUT2D eigenvalue weighted by molar-refractivity contribution is -0.128. The number of piperidine rings is 1. The van der Waals surface area contributed by atoms with Crippen LogP contribution in [-0.2, 0) is 4.79 Å². The largest absolute Gasteiger partial charge is 0.300 e. The Morgan fingerprint density at radius 2 is 1.91 bits per heavy atom. The predicted octanol–water partition coefficient (Wildman–Crippen LogP) is 3.82. The van der Waals surface area contributed by atoms with Crippen LogP contribution in [0.15, 0.2) is 0 Å². The summed E-state index contributed by atoms with van der Waals surface area (Å²) in [6, 6.07) is -0.304. The van der Waals surface area contributed by atoms with Gasteiger partial charge in [-0.1, -0.05) is 13.8 Å². The first kappa shape index (κ1) is 20.5. The second kappa shape index (κ2) is 9.07. The van der Waals surface area contributed by atoms with Gasteiger partial charge in [-0.25, -0.2) is 8.78 Å². The van der Waals surface area contributed by atoms with E-state index >= 15 is 0 Å². The average Bonchev–Trinajstić information content (AvgIpc) is 2.84. The summed E-state index contributed by atoms with van der Waals surface area (Å²) in [7, 11) is 0. The van der Waals surface area contributed by atoms with Crippen molar-refractivity contribution in [3.05, 3.63) is 0 Å².